The minimum Gasteiger partial charge on any atom is -0.268 e. The fraction of sp³-hybridized carbons (Fsp3) is 0.0625. The molecule has 2 heterocycles. The van der Waals surface area contributed by atoms with Crippen LogP contribution in [0.3, 0.4) is 0 Å². The number of halogens is 1. The summed E-state index contributed by atoms with van der Waals surface area (Å²) in [5, 5.41) is 8.74. The molecule has 6 heteroatoms. The van der Waals surface area contributed by atoms with Gasteiger partial charge in [-0.3, -0.25) is 9.20 Å². The van der Waals surface area contributed by atoms with Crippen molar-refractivity contribution in [3.05, 3.63) is 70.5 Å². The van der Waals surface area contributed by atoms with Crippen molar-refractivity contribution in [2.45, 2.75) is 6.92 Å². The third kappa shape index (κ3) is 1.67. The van der Waals surface area contributed by atoms with Gasteiger partial charge in [0, 0.05) is 0 Å². The zero-order valence-corrected chi connectivity index (χ0v) is 11.7. The maximum absolute atomic E-state index is 13.2. The van der Waals surface area contributed by atoms with Crippen molar-refractivity contribution in [1.82, 2.24) is 19.2 Å². The number of hydrogen-bond acceptors (Lipinski definition) is 3. The Morgan fingerprint density at radius 2 is 1.73 bits per heavy atom. The van der Waals surface area contributed by atoms with Crippen LogP contribution in [0.1, 0.15) is 5.82 Å². The van der Waals surface area contributed by atoms with E-state index >= 15 is 0 Å². The number of aromatic nitrogens is 4. The van der Waals surface area contributed by atoms with Crippen LogP contribution in [0, 0.1) is 12.7 Å². The van der Waals surface area contributed by atoms with Gasteiger partial charge in [0.1, 0.15) is 11.6 Å². The van der Waals surface area contributed by atoms with Crippen LogP contribution in [0.25, 0.3) is 22.4 Å². The Hall–Kier alpha value is -3.02. The Morgan fingerprint density at radius 3 is 2.50 bits per heavy atom. The number of aryl methyl sites for hydroxylation is 1. The van der Waals surface area contributed by atoms with Crippen molar-refractivity contribution in [2.24, 2.45) is 0 Å². The molecular weight excluding hydrogens is 283 g/mol. The second-order valence-corrected chi connectivity index (χ2v) is 5.02. The second-order valence-electron chi connectivity index (χ2n) is 5.02. The topological polar surface area (TPSA) is 52.2 Å². The summed E-state index contributed by atoms with van der Waals surface area (Å²) in [6.07, 6.45) is 0. The third-order valence-electron chi connectivity index (χ3n) is 3.67. The molecule has 0 atom stereocenters. The number of para-hydroxylation sites is 1. The minimum absolute atomic E-state index is 0.206. The Morgan fingerprint density at radius 1 is 1.00 bits per heavy atom. The first-order valence-corrected chi connectivity index (χ1v) is 6.78. The van der Waals surface area contributed by atoms with Crippen LogP contribution in [0.5, 0.6) is 0 Å². The van der Waals surface area contributed by atoms with Crippen molar-refractivity contribution in [3.63, 3.8) is 0 Å². The Labute approximate surface area is 124 Å². The second kappa shape index (κ2) is 4.49. The number of rotatable bonds is 1. The van der Waals surface area contributed by atoms with Crippen molar-refractivity contribution >= 4 is 16.7 Å². The molecule has 108 valence electrons. The summed E-state index contributed by atoms with van der Waals surface area (Å²) in [7, 11) is 0. The molecule has 4 aromatic rings. The van der Waals surface area contributed by atoms with Gasteiger partial charge in [-0.15, -0.1) is 10.2 Å². The van der Waals surface area contributed by atoms with E-state index in [1.165, 1.54) is 16.7 Å². The fourth-order valence-electron chi connectivity index (χ4n) is 2.66. The van der Waals surface area contributed by atoms with E-state index in [4.69, 9.17) is 0 Å². The number of fused-ring (bicyclic) bond motifs is 3. The molecule has 0 aliphatic heterocycles. The Kier molecular flexibility index (Phi) is 2.59. The number of benzene rings is 2. The third-order valence-corrected chi connectivity index (χ3v) is 3.67. The lowest BCUT2D eigenvalue weighted by atomic mass is 10.2. The van der Waals surface area contributed by atoms with Gasteiger partial charge in [-0.25, -0.2) is 8.96 Å². The summed E-state index contributed by atoms with van der Waals surface area (Å²) in [5.41, 5.74) is 1.10. The average Bonchev–Trinajstić information content (AvgIpc) is 2.91. The quantitative estimate of drug-likeness (QED) is 0.542. The standard InChI is InChI=1S/C16H11FN4O/c1-10-18-19-16-20(10)14-5-3-2-4-13(14)15(22)21(16)12-8-6-11(17)7-9-12/h2-9H,1H3. The minimum atomic E-state index is -0.355. The van der Waals surface area contributed by atoms with E-state index < -0.39 is 0 Å². The van der Waals surface area contributed by atoms with E-state index in [1.54, 1.807) is 18.2 Å². The van der Waals surface area contributed by atoms with Crippen LogP contribution in [0.4, 0.5) is 4.39 Å². The first-order chi connectivity index (χ1) is 10.7. The van der Waals surface area contributed by atoms with Crippen LogP contribution in [0.2, 0.25) is 0 Å². The van der Waals surface area contributed by atoms with Gasteiger partial charge in [0.25, 0.3) is 5.56 Å². The smallest absolute Gasteiger partial charge is 0.267 e. The van der Waals surface area contributed by atoms with Gasteiger partial charge < -0.3 is 0 Å². The van der Waals surface area contributed by atoms with Crippen molar-refractivity contribution in [3.8, 4) is 5.69 Å². The van der Waals surface area contributed by atoms with Crippen molar-refractivity contribution in [2.75, 3.05) is 0 Å². The summed E-state index contributed by atoms with van der Waals surface area (Å²) in [6, 6.07) is 13.0. The molecule has 0 N–H and O–H groups in total. The molecule has 0 radical (unpaired) electrons. The Bertz CT molecular complexity index is 1060. The number of nitrogens with zero attached hydrogens (tertiary/aromatic N) is 4. The zero-order chi connectivity index (χ0) is 15.3. The molecule has 5 nitrogen and oxygen atoms in total. The average molecular weight is 294 g/mol. The summed E-state index contributed by atoms with van der Waals surface area (Å²) in [4.78, 5) is 12.8. The van der Waals surface area contributed by atoms with Crippen LogP contribution < -0.4 is 5.56 Å². The van der Waals surface area contributed by atoms with Crippen molar-refractivity contribution in [1.29, 1.82) is 0 Å². The summed E-state index contributed by atoms with van der Waals surface area (Å²) in [5.74, 6) is 0.737. The zero-order valence-electron chi connectivity index (χ0n) is 11.7. The fourth-order valence-corrected chi connectivity index (χ4v) is 2.66. The van der Waals surface area contributed by atoms with Crippen LogP contribution in [-0.2, 0) is 0 Å². The van der Waals surface area contributed by atoms with E-state index in [0.717, 1.165) is 5.52 Å². The van der Waals surface area contributed by atoms with E-state index in [0.29, 0.717) is 22.7 Å². The summed E-state index contributed by atoms with van der Waals surface area (Å²) < 4.78 is 16.4. The summed E-state index contributed by atoms with van der Waals surface area (Å²) in [6.45, 7) is 1.83. The van der Waals surface area contributed by atoms with E-state index in [2.05, 4.69) is 10.2 Å². The highest BCUT2D eigenvalue weighted by Gasteiger charge is 2.15. The molecule has 22 heavy (non-hydrogen) atoms. The predicted molar refractivity (Wildman–Crippen MR) is 80.8 cm³/mol. The van der Waals surface area contributed by atoms with E-state index in [9.17, 15) is 9.18 Å². The predicted octanol–water partition coefficient (Wildman–Crippen LogP) is 2.48. The van der Waals surface area contributed by atoms with Gasteiger partial charge in [0.2, 0.25) is 5.78 Å². The number of hydrogen-bond donors (Lipinski definition) is 0. The molecule has 0 aliphatic rings. The molecule has 0 fully saturated rings. The first-order valence-electron chi connectivity index (χ1n) is 6.78. The first kappa shape index (κ1) is 12.7. The van der Waals surface area contributed by atoms with Crippen LogP contribution in [0.15, 0.2) is 53.3 Å². The molecule has 0 bridgehead atoms. The van der Waals surface area contributed by atoms with Gasteiger partial charge >= 0.3 is 0 Å². The van der Waals surface area contributed by atoms with E-state index in [-0.39, 0.29) is 11.4 Å². The molecule has 0 unspecified atom stereocenters. The monoisotopic (exact) mass is 294 g/mol. The molecule has 2 aromatic heterocycles. The van der Waals surface area contributed by atoms with Gasteiger partial charge in [-0.2, -0.15) is 0 Å². The molecule has 0 spiro atoms. The van der Waals surface area contributed by atoms with Crippen LogP contribution >= 0.6 is 0 Å². The lowest BCUT2D eigenvalue weighted by molar-refractivity contribution is 0.627. The largest absolute Gasteiger partial charge is 0.268 e. The molecule has 0 aliphatic carbocycles. The molecule has 2 aromatic carbocycles. The molecule has 0 amide bonds. The SMILES string of the molecule is Cc1nnc2n(-c3ccc(F)cc3)c(=O)c3ccccc3n12. The highest BCUT2D eigenvalue weighted by atomic mass is 19.1. The Balaban J connectivity index is 2.24. The van der Waals surface area contributed by atoms with Gasteiger partial charge in [0.15, 0.2) is 0 Å². The summed E-state index contributed by atoms with van der Waals surface area (Å²) >= 11 is 0. The van der Waals surface area contributed by atoms with Gasteiger partial charge in [-0.05, 0) is 43.3 Å². The van der Waals surface area contributed by atoms with E-state index in [1.807, 2.05) is 29.5 Å². The van der Waals surface area contributed by atoms with Gasteiger partial charge in [-0.1, -0.05) is 12.1 Å². The molecule has 4 rings (SSSR count). The molecule has 0 saturated heterocycles. The lowest BCUT2D eigenvalue weighted by Crippen LogP contribution is -2.21. The highest BCUT2D eigenvalue weighted by Crippen LogP contribution is 2.17. The van der Waals surface area contributed by atoms with Crippen molar-refractivity contribution < 1.29 is 4.39 Å². The van der Waals surface area contributed by atoms with Crippen LogP contribution in [-0.4, -0.2) is 19.2 Å². The maximum Gasteiger partial charge on any atom is 0.267 e. The lowest BCUT2D eigenvalue weighted by Gasteiger charge is -2.10. The highest BCUT2D eigenvalue weighted by molar-refractivity contribution is 5.81. The van der Waals surface area contributed by atoms with Gasteiger partial charge in [0.05, 0.1) is 16.6 Å². The maximum atomic E-state index is 13.2. The normalized spacial score (nSPS) is 11.4. The molecule has 0 saturated carbocycles. The molecular formula is C16H11FN4O.